The molecule has 0 saturated heterocycles. The van der Waals surface area contributed by atoms with Crippen molar-refractivity contribution in [1.29, 1.82) is 0 Å². The molecule has 1 aromatic carbocycles. The normalized spacial score (nSPS) is 10.3. The van der Waals surface area contributed by atoms with Crippen LogP contribution in [0.15, 0.2) is 24.3 Å². The number of alkyl halides is 1. The minimum atomic E-state index is 0.710. The molecule has 1 rings (SSSR count). The van der Waals surface area contributed by atoms with E-state index in [-0.39, 0.29) is 0 Å². The summed E-state index contributed by atoms with van der Waals surface area (Å²) >= 11 is 3.43. The highest BCUT2D eigenvalue weighted by Gasteiger charge is 1.95. The van der Waals surface area contributed by atoms with E-state index in [9.17, 15) is 0 Å². The third kappa shape index (κ3) is 3.92. The number of methoxy groups -OCH3 is 1. The topological polar surface area (TPSA) is 9.23 Å². The Morgan fingerprint density at radius 3 is 2.77 bits per heavy atom. The molecule has 0 saturated carbocycles. The first-order valence-electron chi connectivity index (χ1n) is 4.49. The van der Waals surface area contributed by atoms with Crippen molar-refractivity contribution in [2.45, 2.75) is 19.4 Å². The minimum Gasteiger partial charge on any atom is -0.380 e. The van der Waals surface area contributed by atoms with E-state index in [1.807, 2.05) is 0 Å². The standard InChI is InChI=1S/C11H15BrO/c1-13-9-11-5-2-4-10(8-11)6-3-7-12/h2,4-5,8H,3,6-7,9H2,1H3. The summed E-state index contributed by atoms with van der Waals surface area (Å²) in [5.74, 6) is 0. The molecule has 0 heterocycles. The second-order valence-electron chi connectivity index (χ2n) is 3.05. The number of aryl methyl sites for hydroxylation is 1. The molecule has 1 aromatic rings. The highest BCUT2D eigenvalue weighted by molar-refractivity contribution is 9.09. The summed E-state index contributed by atoms with van der Waals surface area (Å²) in [5, 5.41) is 1.07. The quantitative estimate of drug-likeness (QED) is 0.722. The highest BCUT2D eigenvalue weighted by Crippen LogP contribution is 2.09. The van der Waals surface area contributed by atoms with E-state index < -0.39 is 0 Å². The van der Waals surface area contributed by atoms with Crippen LogP contribution in [0, 0.1) is 0 Å². The second kappa shape index (κ2) is 6.17. The van der Waals surface area contributed by atoms with Gasteiger partial charge in [-0.15, -0.1) is 0 Å². The molecule has 0 radical (unpaired) electrons. The van der Waals surface area contributed by atoms with Crippen molar-refractivity contribution in [2.75, 3.05) is 12.4 Å². The molecule has 72 valence electrons. The Bertz CT molecular complexity index is 248. The summed E-state index contributed by atoms with van der Waals surface area (Å²) in [6.07, 6.45) is 2.33. The van der Waals surface area contributed by atoms with Crippen LogP contribution < -0.4 is 0 Å². The summed E-state index contributed by atoms with van der Waals surface area (Å²) in [5.41, 5.74) is 2.66. The van der Waals surface area contributed by atoms with Crippen LogP contribution in [-0.2, 0) is 17.8 Å². The first-order chi connectivity index (χ1) is 6.36. The third-order valence-corrected chi connectivity index (χ3v) is 2.46. The van der Waals surface area contributed by atoms with Crippen molar-refractivity contribution < 1.29 is 4.74 Å². The van der Waals surface area contributed by atoms with Crippen molar-refractivity contribution in [2.24, 2.45) is 0 Å². The van der Waals surface area contributed by atoms with Gasteiger partial charge in [-0.3, -0.25) is 0 Å². The Hall–Kier alpha value is -0.340. The van der Waals surface area contributed by atoms with E-state index in [0.29, 0.717) is 6.61 Å². The summed E-state index contributed by atoms with van der Waals surface area (Å²) in [4.78, 5) is 0. The van der Waals surface area contributed by atoms with Crippen LogP contribution >= 0.6 is 15.9 Å². The van der Waals surface area contributed by atoms with E-state index in [1.165, 1.54) is 17.5 Å². The highest BCUT2D eigenvalue weighted by atomic mass is 79.9. The fraction of sp³-hybridized carbons (Fsp3) is 0.455. The maximum atomic E-state index is 5.08. The second-order valence-corrected chi connectivity index (χ2v) is 3.84. The van der Waals surface area contributed by atoms with Crippen molar-refractivity contribution in [3.8, 4) is 0 Å². The van der Waals surface area contributed by atoms with Crippen LogP contribution in [0.1, 0.15) is 17.5 Å². The van der Waals surface area contributed by atoms with Crippen molar-refractivity contribution in [3.63, 3.8) is 0 Å². The average Bonchev–Trinajstić information content (AvgIpc) is 2.16. The fourth-order valence-corrected chi connectivity index (χ4v) is 1.59. The van der Waals surface area contributed by atoms with Crippen LogP contribution in [0.25, 0.3) is 0 Å². The first kappa shape index (κ1) is 10.7. The van der Waals surface area contributed by atoms with Gasteiger partial charge in [0.2, 0.25) is 0 Å². The van der Waals surface area contributed by atoms with Gasteiger partial charge in [0.25, 0.3) is 0 Å². The monoisotopic (exact) mass is 242 g/mol. The van der Waals surface area contributed by atoms with E-state index in [0.717, 1.165) is 11.8 Å². The van der Waals surface area contributed by atoms with Gasteiger partial charge < -0.3 is 4.74 Å². The lowest BCUT2D eigenvalue weighted by molar-refractivity contribution is 0.185. The molecular formula is C11H15BrO. The molecule has 0 aliphatic carbocycles. The lowest BCUT2D eigenvalue weighted by Gasteiger charge is -2.03. The first-order valence-corrected chi connectivity index (χ1v) is 5.61. The predicted molar refractivity (Wildman–Crippen MR) is 59.3 cm³/mol. The molecule has 0 N–H and O–H groups in total. The van der Waals surface area contributed by atoms with E-state index in [2.05, 4.69) is 40.2 Å². The number of halogens is 1. The Labute approximate surface area is 88.2 Å². The van der Waals surface area contributed by atoms with Gasteiger partial charge in [-0.1, -0.05) is 40.2 Å². The van der Waals surface area contributed by atoms with Gasteiger partial charge in [-0.2, -0.15) is 0 Å². The van der Waals surface area contributed by atoms with Gasteiger partial charge in [0.1, 0.15) is 0 Å². The number of hydrogen-bond acceptors (Lipinski definition) is 1. The maximum Gasteiger partial charge on any atom is 0.0713 e. The SMILES string of the molecule is COCc1cccc(CCCBr)c1. The lowest BCUT2D eigenvalue weighted by atomic mass is 10.1. The average molecular weight is 243 g/mol. The summed E-state index contributed by atoms with van der Waals surface area (Å²) in [6.45, 7) is 0.710. The van der Waals surface area contributed by atoms with Crippen LogP contribution in [0.2, 0.25) is 0 Å². The van der Waals surface area contributed by atoms with Crippen molar-refractivity contribution in [3.05, 3.63) is 35.4 Å². The van der Waals surface area contributed by atoms with Gasteiger partial charge in [0.05, 0.1) is 6.61 Å². The predicted octanol–water partition coefficient (Wildman–Crippen LogP) is 3.16. The Morgan fingerprint density at radius 1 is 1.31 bits per heavy atom. The van der Waals surface area contributed by atoms with E-state index in [4.69, 9.17) is 4.74 Å². The molecule has 1 nitrogen and oxygen atoms in total. The van der Waals surface area contributed by atoms with E-state index in [1.54, 1.807) is 7.11 Å². The molecule has 0 aromatic heterocycles. The van der Waals surface area contributed by atoms with Crippen molar-refractivity contribution >= 4 is 15.9 Å². The zero-order chi connectivity index (χ0) is 9.52. The molecule has 0 amide bonds. The zero-order valence-electron chi connectivity index (χ0n) is 7.92. The summed E-state index contributed by atoms with van der Waals surface area (Å²) in [7, 11) is 1.73. The smallest absolute Gasteiger partial charge is 0.0713 e. The number of ether oxygens (including phenoxy) is 1. The number of benzene rings is 1. The maximum absolute atomic E-state index is 5.08. The van der Waals surface area contributed by atoms with Gasteiger partial charge in [0, 0.05) is 12.4 Å². The molecule has 0 bridgehead atoms. The Kier molecular flexibility index (Phi) is 5.09. The van der Waals surface area contributed by atoms with Gasteiger partial charge in [0.15, 0.2) is 0 Å². The number of rotatable bonds is 5. The largest absolute Gasteiger partial charge is 0.380 e. The molecule has 0 fully saturated rings. The molecule has 0 atom stereocenters. The zero-order valence-corrected chi connectivity index (χ0v) is 9.51. The molecular weight excluding hydrogens is 228 g/mol. The minimum absolute atomic E-state index is 0.710. The van der Waals surface area contributed by atoms with Crippen LogP contribution in [0.5, 0.6) is 0 Å². The van der Waals surface area contributed by atoms with Gasteiger partial charge in [-0.25, -0.2) is 0 Å². The van der Waals surface area contributed by atoms with Gasteiger partial charge >= 0.3 is 0 Å². The molecule has 13 heavy (non-hydrogen) atoms. The van der Waals surface area contributed by atoms with Crippen LogP contribution in [0.3, 0.4) is 0 Å². The fourth-order valence-electron chi connectivity index (χ4n) is 1.31. The molecule has 0 aliphatic heterocycles. The van der Waals surface area contributed by atoms with Crippen molar-refractivity contribution in [1.82, 2.24) is 0 Å². The summed E-state index contributed by atoms with van der Waals surface area (Å²) < 4.78 is 5.08. The molecule has 0 unspecified atom stereocenters. The molecule has 0 aliphatic rings. The third-order valence-electron chi connectivity index (χ3n) is 1.90. The Balaban J connectivity index is 2.56. The Morgan fingerprint density at radius 2 is 2.08 bits per heavy atom. The van der Waals surface area contributed by atoms with E-state index >= 15 is 0 Å². The van der Waals surface area contributed by atoms with Gasteiger partial charge in [-0.05, 0) is 24.0 Å². The lowest BCUT2D eigenvalue weighted by Crippen LogP contribution is -1.91. The molecule has 2 heteroatoms. The van der Waals surface area contributed by atoms with Crippen LogP contribution in [-0.4, -0.2) is 12.4 Å². The molecule has 0 spiro atoms. The summed E-state index contributed by atoms with van der Waals surface area (Å²) in [6, 6.07) is 8.58. The van der Waals surface area contributed by atoms with Crippen LogP contribution in [0.4, 0.5) is 0 Å². The number of hydrogen-bond donors (Lipinski definition) is 0.